The van der Waals surface area contributed by atoms with Crippen molar-refractivity contribution in [2.75, 3.05) is 13.2 Å². The molecule has 0 aliphatic heterocycles. The fourth-order valence-corrected chi connectivity index (χ4v) is 1.49. The Kier molecular flexibility index (Phi) is 5.04. The first kappa shape index (κ1) is 9.75. The lowest BCUT2D eigenvalue weighted by atomic mass is 10.0. The van der Waals surface area contributed by atoms with Gasteiger partial charge in [0.05, 0.1) is 19.3 Å². The molecule has 1 rings (SSSR count). The molecule has 0 saturated heterocycles. The van der Waals surface area contributed by atoms with E-state index in [4.69, 9.17) is 9.84 Å². The molecule has 1 unspecified atom stereocenters. The quantitative estimate of drug-likeness (QED) is 0.655. The van der Waals surface area contributed by atoms with Crippen molar-refractivity contribution in [3.05, 3.63) is 12.2 Å². The summed E-state index contributed by atoms with van der Waals surface area (Å²) < 4.78 is 5.47. The van der Waals surface area contributed by atoms with E-state index in [0.717, 1.165) is 12.8 Å². The molecule has 0 spiro atoms. The van der Waals surface area contributed by atoms with E-state index in [1.54, 1.807) is 0 Å². The van der Waals surface area contributed by atoms with Gasteiger partial charge in [-0.25, -0.2) is 0 Å². The van der Waals surface area contributed by atoms with Gasteiger partial charge in [-0.15, -0.1) is 0 Å². The highest BCUT2D eigenvalue weighted by Crippen LogP contribution is 2.14. The molecule has 1 aliphatic carbocycles. The third-order valence-electron chi connectivity index (χ3n) is 2.16. The standard InChI is InChI=1S/C10H18O2/c11-8-9-12-10-6-4-2-1-3-5-7-10/h2,4,10-11H,1,3,5-9H2/b4-2+. The average molecular weight is 170 g/mol. The molecule has 0 aromatic heterocycles. The molecule has 0 bridgehead atoms. The number of hydrogen-bond donors (Lipinski definition) is 1. The molecule has 0 saturated carbocycles. The maximum absolute atomic E-state index is 8.58. The van der Waals surface area contributed by atoms with Crippen LogP contribution in [0.3, 0.4) is 0 Å². The predicted molar refractivity (Wildman–Crippen MR) is 49.1 cm³/mol. The Morgan fingerprint density at radius 3 is 3.08 bits per heavy atom. The second kappa shape index (κ2) is 6.21. The minimum Gasteiger partial charge on any atom is -0.394 e. The van der Waals surface area contributed by atoms with Crippen LogP contribution in [-0.4, -0.2) is 24.4 Å². The maximum Gasteiger partial charge on any atom is 0.0701 e. The first-order valence-corrected chi connectivity index (χ1v) is 4.81. The molecule has 2 heteroatoms. The highest BCUT2D eigenvalue weighted by Gasteiger charge is 2.07. The van der Waals surface area contributed by atoms with Crippen molar-refractivity contribution in [3.8, 4) is 0 Å². The lowest BCUT2D eigenvalue weighted by Crippen LogP contribution is -2.15. The Labute approximate surface area is 74.2 Å². The predicted octanol–water partition coefficient (Wildman–Crippen LogP) is 1.88. The van der Waals surface area contributed by atoms with E-state index in [9.17, 15) is 0 Å². The normalized spacial score (nSPS) is 27.6. The van der Waals surface area contributed by atoms with Crippen LogP contribution in [-0.2, 0) is 4.74 Å². The van der Waals surface area contributed by atoms with Crippen molar-refractivity contribution in [2.45, 2.75) is 38.2 Å². The monoisotopic (exact) mass is 170 g/mol. The van der Waals surface area contributed by atoms with Gasteiger partial charge in [0.1, 0.15) is 0 Å². The van der Waals surface area contributed by atoms with Gasteiger partial charge in [-0.3, -0.25) is 0 Å². The summed E-state index contributed by atoms with van der Waals surface area (Å²) in [5.41, 5.74) is 0. The van der Waals surface area contributed by atoms with Gasteiger partial charge < -0.3 is 9.84 Å². The highest BCUT2D eigenvalue weighted by molar-refractivity contribution is 4.86. The van der Waals surface area contributed by atoms with Gasteiger partial charge in [-0.2, -0.15) is 0 Å². The smallest absolute Gasteiger partial charge is 0.0701 e. The average Bonchev–Trinajstić information content (AvgIpc) is 2.02. The molecule has 0 heterocycles. The van der Waals surface area contributed by atoms with Crippen LogP contribution in [0.25, 0.3) is 0 Å². The third kappa shape index (κ3) is 3.88. The number of rotatable bonds is 3. The second-order valence-electron chi connectivity index (χ2n) is 3.21. The second-order valence-corrected chi connectivity index (χ2v) is 3.21. The molecule has 0 fully saturated rings. The number of ether oxygens (including phenoxy) is 1. The van der Waals surface area contributed by atoms with E-state index < -0.39 is 0 Å². The summed E-state index contributed by atoms with van der Waals surface area (Å²) >= 11 is 0. The summed E-state index contributed by atoms with van der Waals surface area (Å²) in [7, 11) is 0. The molecule has 0 radical (unpaired) electrons. The van der Waals surface area contributed by atoms with Crippen LogP contribution in [0.5, 0.6) is 0 Å². The van der Waals surface area contributed by atoms with Crippen LogP contribution >= 0.6 is 0 Å². The van der Waals surface area contributed by atoms with E-state index in [2.05, 4.69) is 12.2 Å². The fourth-order valence-electron chi connectivity index (χ4n) is 1.49. The largest absolute Gasteiger partial charge is 0.394 e. The molecule has 70 valence electrons. The Bertz CT molecular complexity index is 132. The molecule has 12 heavy (non-hydrogen) atoms. The van der Waals surface area contributed by atoms with Crippen molar-refractivity contribution < 1.29 is 9.84 Å². The summed E-state index contributed by atoms with van der Waals surface area (Å²) in [6, 6.07) is 0. The molecule has 0 aromatic rings. The zero-order valence-corrected chi connectivity index (χ0v) is 7.54. The first-order chi connectivity index (χ1) is 5.93. The van der Waals surface area contributed by atoms with Crippen LogP contribution < -0.4 is 0 Å². The molecule has 0 amide bonds. The topological polar surface area (TPSA) is 29.5 Å². The van der Waals surface area contributed by atoms with E-state index in [1.807, 2.05) is 0 Å². The van der Waals surface area contributed by atoms with Gasteiger partial charge in [-0.1, -0.05) is 18.6 Å². The summed E-state index contributed by atoms with van der Waals surface area (Å²) in [6.07, 6.45) is 10.7. The van der Waals surface area contributed by atoms with Gasteiger partial charge in [0, 0.05) is 0 Å². The van der Waals surface area contributed by atoms with E-state index in [-0.39, 0.29) is 6.61 Å². The maximum atomic E-state index is 8.58. The van der Waals surface area contributed by atoms with E-state index >= 15 is 0 Å². The zero-order valence-electron chi connectivity index (χ0n) is 7.54. The molecule has 1 N–H and O–H groups in total. The molecule has 2 nitrogen and oxygen atoms in total. The molecular weight excluding hydrogens is 152 g/mol. The van der Waals surface area contributed by atoms with Gasteiger partial charge in [0.15, 0.2) is 0 Å². The minimum absolute atomic E-state index is 0.139. The van der Waals surface area contributed by atoms with Crippen molar-refractivity contribution in [3.63, 3.8) is 0 Å². The number of aliphatic hydroxyl groups excluding tert-OH is 1. The number of hydrogen-bond acceptors (Lipinski definition) is 2. The lowest BCUT2D eigenvalue weighted by Gasteiger charge is -2.16. The van der Waals surface area contributed by atoms with Crippen LogP contribution in [0.4, 0.5) is 0 Å². The molecule has 1 atom stereocenters. The van der Waals surface area contributed by atoms with Crippen molar-refractivity contribution >= 4 is 0 Å². The highest BCUT2D eigenvalue weighted by atomic mass is 16.5. The molecule has 1 aliphatic rings. The van der Waals surface area contributed by atoms with Gasteiger partial charge in [0.25, 0.3) is 0 Å². The minimum atomic E-state index is 0.139. The van der Waals surface area contributed by atoms with Crippen LogP contribution in [0.1, 0.15) is 32.1 Å². The van der Waals surface area contributed by atoms with Crippen LogP contribution in [0, 0.1) is 0 Å². The van der Waals surface area contributed by atoms with E-state index in [1.165, 1.54) is 19.3 Å². The summed E-state index contributed by atoms with van der Waals surface area (Å²) in [5.74, 6) is 0. The fraction of sp³-hybridized carbons (Fsp3) is 0.800. The first-order valence-electron chi connectivity index (χ1n) is 4.81. The summed E-state index contributed by atoms with van der Waals surface area (Å²) in [5, 5.41) is 8.58. The van der Waals surface area contributed by atoms with Gasteiger partial charge >= 0.3 is 0 Å². The Morgan fingerprint density at radius 2 is 2.25 bits per heavy atom. The van der Waals surface area contributed by atoms with E-state index in [0.29, 0.717) is 12.7 Å². The van der Waals surface area contributed by atoms with Crippen LogP contribution in [0.15, 0.2) is 12.2 Å². The third-order valence-corrected chi connectivity index (χ3v) is 2.16. The summed E-state index contributed by atoms with van der Waals surface area (Å²) in [4.78, 5) is 0. The number of allylic oxidation sites excluding steroid dienone is 1. The lowest BCUT2D eigenvalue weighted by molar-refractivity contribution is 0.0241. The number of aliphatic hydroxyl groups is 1. The van der Waals surface area contributed by atoms with Gasteiger partial charge in [0.2, 0.25) is 0 Å². The zero-order chi connectivity index (χ0) is 8.65. The molecular formula is C10H18O2. The van der Waals surface area contributed by atoms with Gasteiger partial charge in [-0.05, 0) is 25.7 Å². The summed E-state index contributed by atoms with van der Waals surface area (Å²) in [6.45, 7) is 0.624. The van der Waals surface area contributed by atoms with Crippen LogP contribution in [0.2, 0.25) is 0 Å². The Morgan fingerprint density at radius 1 is 1.33 bits per heavy atom. The van der Waals surface area contributed by atoms with Crippen molar-refractivity contribution in [1.82, 2.24) is 0 Å². The Hall–Kier alpha value is -0.340. The Balaban J connectivity index is 2.20. The molecule has 0 aromatic carbocycles. The SMILES string of the molecule is OCCOC1C/C=C/CCCC1. The van der Waals surface area contributed by atoms with Crippen molar-refractivity contribution in [1.29, 1.82) is 0 Å². The van der Waals surface area contributed by atoms with Crippen molar-refractivity contribution in [2.24, 2.45) is 0 Å².